The predicted molar refractivity (Wildman–Crippen MR) is 82.5 cm³/mol. The van der Waals surface area contributed by atoms with Gasteiger partial charge >= 0.3 is 0 Å². The van der Waals surface area contributed by atoms with Crippen molar-refractivity contribution in [1.82, 2.24) is 14.5 Å². The first-order valence-electron chi connectivity index (χ1n) is 6.66. The molecule has 6 nitrogen and oxygen atoms in total. The summed E-state index contributed by atoms with van der Waals surface area (Å²) >= 11 is 0. The van der Waals surface area contributed by atoms with Crippen LogP contribution in [0.25, 0.3) is 11.4 Å². The van der Waals surface area contributed by atoms with E-state index in [0.29, 0.717) is 6.54 Å². The van der Waals surface area contributed by atoms with Gasteiger partial charge in [0.05, 0.1) is 0 Å². The molecule has 7 heteroatoms. The first-order valence-corrected chi connectivity index (χ1v) is 6.66. The first-order chi connectivity index (χ1) is 11.1. The molecule has 118 valence electrons. The monoisotopic (exact) mass is 315 g/mol. The summed E-state index contributed by atoms with van der Waals surface area (Å²) in [5.74, 6) is 0.471. The molecule has 0 unspecified atom stereocenters. The molecule has 0 spiro atoms. The van der Waals surface area contributed by atoms with Gasteiger partial charge in [0.15, 0.2) is 0 Å². The quantitative estimate of drug-likeness (QED) is 0.725. The van der Waals surface area contributed by atoms with Crippen LogP contribution in [0.1, 0.15) is 5.56 Å². The van der Waals surface area contributed by atoms with E-state index in [-0.39, 0.29) is 17.8 Å². The van der Waals surface area contributed by atoms with Gasteiger partial charge in [-0.2, -0.15) is 0 Å². The number of halogens is 1. The number of pyridine rings is 1. The van der Waals surface area contributed by atoms with Crippen molar-refractivity contribution in [3.8, 4) is 11.4 Å². The van der Waals surface area contributed by atoms with Gasteiger partial charge in [-0.3, -0.25) is 9.59 Å². The average Bonchev–Trinajstić information content (AvgIpc) is 2.97. The lowest BCUT2D eigenvalue weighted by molar-refractivity contribution is -0.122. The van der Waals surface area contributed by atoms with Crippen molar-refractivity contribution in [2.24, 2.45) is 0 Å². The Morgan fingerprint density at radius 3 is 2.74 bits per heavy atom. The van der Waals surface area contributed by atoms with Gasteiger partial charge in [0.25, 0.3) is 6.47 Å². The van der Waals surface area contributed by atoms with Crippen molar-refractivity contribution in [3.63, 3.8) is 0 Å². The van der Waals surface area contributed by atoms with Crippen molar-refractivity contribution in [1.29, 1.82) is 0 Å². The SMILES string of the molecule is O=CO.O=c1ccc(-c2nccn2Cc2cccc(F)c2)c[nH]1. The summed E-state index contributed by atoms with van der Waals surface area (Å²) < 4.78 is 15.1. The topological polar surface area (TPSA) is 88.0 Å². The number of H-pyrrole nitrogens is 1. The van der Waals surface area contributed by atoms with Crippen LogP contribution in [-0.2, 0) is 11.3 Å². The molecule has 2 aromatic heterocycles. The zero-order valence-corrected chi connectivity index (χ0v) is 12.0. The molecular weight excluding hydrogens is 301 g/mol. The molecular formula is C16H14FN3O3. The Kier molecular flexibility index (Phi) is 5.40. The molecule has 0 fully saturated rings. The molecule has 0 amide bonds. The summed E-state index contributed by atoms with van der Waals surface area (Å²) in [6.45, 7) is 0.270. The largest absolute Gasteiger partial charge is 0.483 e. The van der Waals surface area contributed by atoms with Crippen LogP contribution in [-0.4, -0.2) is 26.1 Å². The van der Waals surface area contributed by atoms with E-state index in [9.17, 15) is 9.18 Å². The maximum Gasteiger partial charge on any atom is 0.290 e. The van der Waals surface area contributed by atoms with Crippen LogP contribution < -0.4 is 5.56 Å². The normalized spacial score (nSPS) is 9.78. The maximum absolute atomic E-state index is 13.2. The average molecular weight is 315 g/mol. The highest BCUT2D eigenvalue weighted by atomic mass is 19.1. The minimum Gasteiger partial charge on any atom is -0.483 e. The van der Waals surface area contributed by atoms with Gasteiger partial charge in [-0.25, -0.2) is 9.37 Å². The first kappa shape index (κ1) is 16.2. The molecule has 0 atom stereocenters. The minimum absolute atomic E-state index is 0.156. The maximum atomic E-state index is 13.2. The molecule has 0 aliphatic rings. The number of carbonyl (C=O) groups is 1. The molecule has 1 aromatic carbocycles. The number of imidazole rings is 1. The second kappa shape index (κ2) is 7.69. The second-order valence-corrected chi connectivity index (χ2v) is 4.56. The molecule has 0 bridgehead atoms. The molecule has 3 rings (SSSR count). The fraction of sp³-hybridized carbons (Fsp3) is 0.0625. The number of aromatic nitrogens is 3. The Bertz CT molecular complexity index is 822. The van der Waals surface area contributed by atoms with E-state index in [1.54, 1.807) is 24.5 Å². The van der Waals surface area contributed by atoms with E-state index in [0.717, 1.165) is 17.0 Å². The van der Waals surface area contributed by atoms with Gasteiger partial charge in [0.1, 0.15) is 11.6 Å². The van der Waals surface area contributed by atoms with Crippen molar-refractivity contribution >= 4 is 6.47 Å². The molecule has 0 aliphatic heterocycles. The lowest BCUT2D eigenvalue weighted by atomic mass is 10.2. The van der Waals surface area contributed by atoms with Crippen LogP contribution >= 0.6 is 0 Å². The van der Waals surface area contributed by atoms with Crippen LogP contribution in [0.5, 0.6) is 0 Å². The summed E-state index contributed by atoms with van der Waals surface area (Å²) in [4.78, 5) is 26.3. The predicted octanol–water partition coefficient (Wildman–Crippen LogP) is 2.13. The Morgan fingerprint density at radius 1 is 1.30 bits per heavy atom. The molecule has 23 heavy (non-hydrogen) atoms. The number of carboxylic acid groups (broad SMARTS) is 1. The summed E-state index contributed by atoms with van der Waals surface area (Å²) in [6, 6.07) is 9.62. The third-order valence-corrected chi connectivity index (χ3v) is 3.00. The molecule has 0 radical (unpaired) electrons. The highest BCUT2D eigenvalue weighted by Crippen LogP contribution is 2.17. The lowest BCUT2D eigenvalue weighted by Gasteiger charge is -2.08. The van der Waals surface area contributed by atoms with Gasteiger partial charge in [-0.05, 0) is 23.8 Å². The Hall–Kier alpha value is -3.22. The number of hydrogen-bond acceptors (Lipinski definition) is 3. The zero-order valence-electron chi connectivity index (χ0n) is 12.0. The number of rotatable bonds is 3. The van der Waals surface area contributed by atoms with Crippen LogP contribution in [0.4, 0.5) is 4.39 Å². The highest BCUT2D eigenvalue weighted by Gasteiger charge is 2.06. The van der Waals surface area contributed by atoms with Gasteiger partial charge in [0, 0.05) is 36.8 Å². The van der Waals surface area contributed by atoms with E-state index >= 15 is 0 Å². The van der Waals surface area contributed by atoms with Gasteiger partial charge < -0.3 is 14.7 Å². The summed E-state index contributed by atoms with van der Waals surface area (Å²) in [7, 11) is 0. The number of aromatic amines is 1. The van der Waals surface area contributed by atoms with E-state index in [1.165, 1.54) is 18.2 Å². The third kappa shape index (κ3) is 4.37. The summed E-state index contributed by atoms with van der Waals surface area (Å²) in [5, 5.41) is 6.89. The summed E-state index contributed by atoms with van der Waals surface area (Å²) in [6.07, 6.45) is 5.12. The number of benzene rings is 1. The second-order valence-electron chi connectivity index (χ2n) is 4.56. The van der Waals surface area contributed by atoms with E-state index in [2.05, 4.69) is 9.97 Å². The number of nitrogens with one attached hydrogen (secondary N) is 1. The lowest BCUT2D eigenvalue weighted by Crippen LogP contribution is -2.05. The van der Waals surface area contributed by atoms with E-state index in [4.69, 9.17) is 9.90 Å². The van der Waals surface area contributed by atoms with E-state index in [1.807, 2.05) is 16.8 Å². The highest BCUT2D eigenvalue weighted by molar-refractivity contribution is 5.53. The van der Waals surface area contributed by atoms with Crippen molar-refractivity contribution in [2.45, 2.75) is 6.54 Å². The number of hydrogen-bond donors (Lipinski definition) is 2. The summed E-state index contributed by atoms with van der Waals surface area (Å²) in [5.41, 5.74) is 1.51. The van der Waals surface area contributed by atoms with E-state index < -0.39 is 0 Å². The Morgan fingerprint density at radius 2 is 2.09 bits per heavy atom. The van der Waals surface area contributed by atoms with Crippen LogP contribution in [0.2, 0.25) is 0 Å². The molecule has 0 saturated heterocycles. The standard InChI is InChI=1S/C15H12FN3O.CH2O2/c16-13-3-1-2-11(8-13)10-19-7-6-17-15(19)12-4-5-14(20)18-9-12;2-1-3/h1-9H,10H2,(H,18,20);1H,(H,2,3). The molecule has 0 saturated carbocycles. The third-order valence-electron chi connectivity index (χ3n) is 3.00. The van der Waals surface area contributed by atoms with Crippen molar-refractivity contribution in [3.05, 3.63) is 76.7 Å². The van der Waals surface area contributed by atoms with Crippen LogP contribution in [0.15, 0.2) is 59.8 Å². The molecule has 3 aromatic rings. The molecule has 2 heterocycles. The van der Waals surface area contributed by atoms with Crippen molar-refractivity contribution in [2.75, 3.05) is 0 Å². The Labute approximate surface area is 130 Å². The van der Waals surface area contributed by atoms with Gasteiger partial charge in [0.2, 0.25) is 5.56 Å². The number of nitrogens with zero attached hydrogens (tertiary/aromatic N) is 2. The van der Waals surface area contributed by atoms with Gasteiger partial charge in [-0.15, -0.1) is 0 Å². The smallest absolute Gasteiger partial charge is 0.290 e. The van der Waals surface area contributed by atoms with Gasteiger partial charge in [-0.1, -0.05) is 12.1 Å². The Balaban J connectivity index is 0.000000595. The molecule has 0 aliphatic carbocycles. The zero-order chi connectivity index (χ0) is 16.7. The van der Waals surface area contributed by atoms with Crippen LogP contribution in [0.3, 0.4) is 0 Å². The van der Waals surface area contributed by atoms with Crippen molar-refractivity contribution < 1.29 is 14.3 Å². The minimum atomic E-state index is -0.256. The van der Waals surface area contributed by atoms with Crippen LogP contribution in [0, 0.1) is 5.82 Å². The fourth-order valence-corrected chi connectivity index (χ4v) is 2.08. The fourth-order valence-electron chi connectivity index (χ4n) is 2.08. The molecule has 2 N–H and O–H groups in total.